The summed E-state index contributed by atoms with van der Waals surface area (Å²) < 4.78 is 26.2. The largest absolute Gasteiger partial charge is 0.355 e. The molecule has 2 heterocycles. The lowest BCUT2D eigenvalue weighted by Gasteiger charge is -2.27. The van der Waals surface area contributed by atoms with Gasteiger partial charge in [-0.15, -0.1) is 0 Å². The van der Waals surface area contributed by atoms with E-state index < -0.39 is 17.6 Å². The molecule has 0 saturated carbocycles. The zero-order valence-electron chi connectivity index (χ0n) is 11.9. The second-order valence-corrected chi connectivity index (χ2v) is 5.70. The molecule has 2 aliphatic rings. The van der Waals surface area contributed by atoms with Crippen molar-refractivity contribution in [2.45, 2.75) is 6.42 Å². The highest BCUT2D eigenvalue weighted by Crippen LogP contribution is 2.26. The molecule has 1 aromatic rings. The fourth-order valence-corrected chi connectivity index (χ4v) is 2.69. The Kier molecular flexibility index (Phi) is 4.06. The maximum absolute atomic E-state index is 13.3. The van der Waals surface area contributed by atoms with E-state index in [0.29, 0.717) is 25.4 Å². The van der Waals surface area contributed by atoms with E-state index >= 15 is 0 Å². The van der Waals surface area contributed by atoms with Gasteiger partial charge in [0.15, 0.2) is 11.6 Å². The van der Waals surface area contributed by atoms with Gasteiger partial charge in [0.1, 0.15) is 5.92 Å². The first-order valence-corrected chi connectivity index (χ1v) is 7.31. The lowest BCUT2D eigenvalue weighted by atomic mass is 10.0. The Bertz CT molecular complexity index is 604. The van der Waals surface area contributed by atoms with E-state index in [1.807, 2.05) is 0 Å². The Morgan fingerprint density at radius 3 is 2.73 bits per heavy atom. The highest BCUT2D eigenvalue weighted by Gasteiger charge is 2.38. The van der Waals surface area contributed by atoms with Gasteiger partial charge in [0, 0.05) is 43.9 Å². The van der Waals surface area contributed by atoms with E-state index in [1.165, 1.54) is 11.0 Å². The Morgan fingerprint density at radius 1 is 1.32 bits per heavy atom. The van der Waals surface area contributed by atoms with Gasteiger partial charge < -0.3 is 15.5 Å². The lowest BCUT2D eigenvalue weighted by molar-refractivity contribution is -0.132. The smallest absolute Gasteiger partial charge is 0.239 e. The summed E-state index contributed by atoms with van der Waals surface area (Å²) in [4.78, 5) is 25.7. The van der Waals surface area contributed by atoms with Gasteiger partial charge in [-0.25, -0.2) is 8.78 Å². The molecule has 22 heavy (non-hydrogen) atoms. The van der Waals surface area contributed by atoms with Gasteiger partial charge in [-0.1, -0.05) is 0 Å². The number of rotatable bonds is 4. The number of benzene rings is 1. The Labute approximate surface area is 126 Å². The number of carbonyl (C=O) groups is 2. The van der Waals surface area contributed by atoms with Crippen LogP contribution in [-0.4, -0.2) is 38.0 Å². The summed E-state index contributed by atoms with van der Waals surface area (Å²) in [6, 6.07) is 3.30. The van der Waals surface area contributed by atoms with Crippen LogP contribution in [0.5, 0.6) is 0 Å². The summed E-state index contributed by atoms with van der Waals surface area (Å²) in [5, 5.41) is 5.90. The van der Waals surface area contributed by atoms with Crippen molar-refractivity contribution in [2.24, 2.45) is 11.8 Å². The summed E-state index contributed by atoms with van der Waals surface area (Å²) in [7, 11) is 0. The first kappa shape index (κ1) is 14.9. The van der Waals surface area contributed by atoms with Crippen molar-refractivity contribution in [3.63, 3.8) is 0 Å². The predicted molar refractivity (Wildman–Crippen MR) is 76.2 cm³/mol. The maximum atomic E-state index is 13.3. The number of nitrogens with zero attached hydrogens (tertiary/aromatic N) is 1. The third-order valence-corrected chi connectivity index (χ3v) is 4.17. The van der Waals surface area contributed by atoms with Crippen LogP contribution in [0.25, 0.3) is 0 Å². The van der Waals surface area contributed by atoms with Crippen LogP contribution in [0.4, 0.5) is 14.5 Å². The molecule has 1 unspecified atom stereocenters. The normalized spacial score (nSPS) is 21.8. The number of hydrogen-bond acceptors (Lipinski definition) is 3. The number of carbonyl (C=O) groups excluding carboxylic acids is 2. The van der Waals surface area contributed by atoms with E-state index in [-0.39, 0.29) is 17.5 Å². The van der Waals surface area contributed by atoms with E-state index in [2.05, 4.69) is 10.6 Å². The number of halogens is 2. The van der Waals surface area contributed by atoms with Crippen molar-refractivity contribution in [1.29, 1.82) is 0 Å². The average Bonchev–Trinajstić information content (AvgIpc) is 2.82. The van der Waals surface area contributed by atoms with Crippen LogP contribution in [0, 0.1) is 23.5 Å². The summed E-state index contributed by atoms with van der Waals surface area (Å²) >= 11 is 0. The number of hydrogen-bond donors (Lipinski definition) is 2. The van der Waals surface area contributed by atoms with Gasteiger partial charge in [-0.2, -0.15) is 0 Å². The van der Waals surface area contributed by atoms with Gasteiger partial charge >= 0.3 is 0 Å². The summed E-state index contributed by atoms with van der Waals surface area (Å²) in [6.45, 7) is 2.63. The third-order valence-electron chi connectivity index (χ3n) is 4.17. The van der Waals surface area contributed by atoms with Crippen LogP contribution < -0.4 is 15.5 Å². The van der Waals surface area contributed by atoms with E-state index in [1.54, 1.807) is 0 Å². The monoisotopic (exact) mass is 309 g/mol. The minimum absolute atomic E-state index is 0.280. The molecule has 2 fully saturated rings. The second kappa shape index (κ2) is 6.00. The first-order valence-electron chi connectivity index (χ1n) is 7.31. The molecule has 2 aliphatic heterocycles. The molecular weight excluding hydrogens is 292 g/mol. The summed E-state index contributed by atoms with van der Waals surface area (Å²) in [5.41, 5.74) is 0.280. The van der Waals surface area contributed by atoms with E-state index in [0.717, 1.165) is 25.2 Å². The van der Waals surface area contributed by atoms with Crippen LogP contribution in [0.3, 0.4) is 0 Å². The molecule has 5 nitrogen and oxygen atoms in total. The lowest BCUT2D eigenvalue weighted by Crippen LogP contribution is -2.49. The minimum atomic E-state index is -1.00. The molecule has 1 aromatic carbocycles. The fraction of sp³-hybridized carbons (Fsp3) is 0.467. The SMILES string of the molecule is O=C(NCC1CNC1)C1CCN(c2ccc(F)c(F)c2)C1=O. The molecule has 118 valence electrons. The number of nitrogens with one attached hydrogen (secondary N) is 2. The summed E-state index contributed by atoms with van der Waals surface area (Å²) in [5.74, 6) is -2.95. The zero-order chi connectivity index (χ0) is 15.7. The molecule has 0 bridgehead atoms. The Morgan fingerprint density at radius 2 is 2.09 bits per heavy atom. The van der Waals surface area contributed by atoms with Crippen LogP contribution in [-0.2, 0) is 9.59 Å². The number of anilines is 1. The highest BCUT2D eigenvalue weighted by atomic mass is 19.2. The van der Waals surface area contributed by atoms with Crippen LogP contribution in [0.2, 0.25) is 0 Å². The van der Waals surface area contributed by atoms with Crippen LogP contribution in [0.1, 0.15) is 6.42 Å². The van der Waals surface area contributed by atoms with Crippen molar-refractivity contribution >= 4 is 17.5 Å². The average molecular weight is 309 g/mol. The van der Waals surface area contributed by atoms with Crippen molar-refractivity contribution in [1.82, 2.24) is 10.6 Å². The fourth-order valence-electron chi connectivity index (χ4n) is 2.69. The maximum Gasteiger partial charge on any atom is 0.239 e. The summed E-state index contributed by atoms with van der Waals surface area (Å²) in [6.07, 6.45) is 0.382. The van der Waals surface area contributed by atoms with Gasteiger partial charge in [0.05, 0.1) is 0 Å². The van der Waals surface area contributed by atoms with Crippen molar-refractivity contribution in [3.8, 4) is 0 Å². The molecule has 2 amide bonds. The highest BCUT2D eigenvalue weighted by molar-refractivity contribution is 6.09. The molecule has 1 atom stereocenters. The quantitative estimate of drug-likeness (QED) is 0.803. The van der Waals surface area contributed by atoms with Crippen molar-refractivity contribution in [2.75, 3.05) is 31.1 Å². The zero-order valence-corrected chi connectivity index (χ0v) is 11.9. The molecule has 2 N–H and O–H groups in total. The standard InChI is InChI=1S/C15H17F2N3O2/c16-12-2-1-10(5-13(12)17)20-4-3-11(15(20)22)14(21)19-8-9-6-18-7-9/h1-2,5,9,11,18H,3-4,6-8H2,(H,19,21). The molecule has 3 rings (SSSR count). The van der Waals surface area contributed by atoms with Crippen LogP contribution in [0.15, 0.2) is 18.2 Å². The van der Waals surface area contributed by atoms with E-state index in [4.69, 9.17) is 0 Å². The molecule has 2 saturated heterocycles. The molecule has 7 heteroatoms. The second-order valence-electron chi connectivity index (χ2n) is 5.70. The van der Waals surface area contributed by atoms with Crippen molar-refractivity contribution in [3.05, 3.63) is 29.8 Å². The third kappa shape index (κ3) is 2.81. The predicted octanol–water partition coefficient (Wildman–Crippen LogP) is 0.653. The molecule has 0 aromatic heterocycles. The van der Waals surface area contributed by atoms with Gasteiger partial charge in [0.25, 0.3) is 0 Å². The molecular formula is C15H17F2N3O2. The Hall–Kier alpha value is -2.02. The van der Waals surface area contributed by atoms with Crippen LogP contribution >= 0.6 is 0 Å². The number of amides is 2. The van der Waals surface area contributed by atoms with E-state index in [9.17, 15) is 18.4 Å². The minimum Gasteiger partial charge on any atom is -0.355 e. The van der Waals surface area contributed by atoms with Gasteiger partial charge in [-0.3, -0.25) is 9.59 Å². The molecule has 0 spiro atoms. The Balaban J connectivity index is 1.63. The topological polar surface area (TPSA) is 61.4 Å². The van der Waals surface area contributed by atoms with Crippen molar-refractivity contribution < 1.29 is 18.4 Å². The van der Waals surface area contributed by atoms with Gasteiger partial charge in [0.2, 0.25) is 11.8 Å². The molecule has 0 radical (unpaired) electrons. The van der Waals surface area contributed by atoms with Gasteiger partial charge in [-0.05, 0) is 18.6 Å². The molecule has 0 aliphatic carbocycles. The first-order chi connectivity index (χ1) is 10.6.